The summed E-state index contributed by atoms with van der Waals surface area (Å²) in [4.78, 5) is 16.9. The summed E-state index contributed by atoms with van der Waals surface area (Å²) >= 11 is 3.36. The Hall–Kier alpha value is -2.14. The summed E-state index contributed by atoms with van der Waals surface area (Å²) in [6.45, 7) is 6.87. The lowest BCUT2D eigenvalue weighted by Crippen LogP contribution is -2.10. The highest BCUT2D eigenvalue weighted by Gasteiger charge is 2.12. The summed E-state index contributed by atoms with van der Waals surface area (Å²) in [6.07, 6.45) is 1.68. The maximum absolute atomic E-state index is 11.5. The quantitative estimate of drug-likeness (QED) is 0.397. The number of nitrogens with zero attached hydrogens (tertiary/aromatic N) is 1. The molecule has 0 N–H and O–H groups in total. The SMILES string of the molecule is COC(=O)c1ccc(CO/N=C/c2ccc(C(C)(C)C)cc2)cc1Br. The van der Waals surface area contributed by atoms with Crippen LogP contribution in [-0.2, 0) is 21.6 Å². The zero-order valence-electron chi connectivity index (χ0n) is 14.9. The Balaban J connectivity index is 1.93. The van der Waals surface area contributed by atoms with E-state index in [1.807, 2.05) is 24.3 Å². The van der Waals surface area contributed by atoms with Gasteiger partial charge in [-0.2, -0.15) is 0 Å². The average molecular weight is 404 g/mol. The van der Waals surface area contributed by atoms with Crippen molar-refractivity contribution in [2.24, 2.45) is 5.16 Å². The molecule has 0 amide bonds. The zero-order valence-corrected chi connectivity index (χ0v) is 16.5. The molecule has 0 atom stereocenters. The Morgan fingerprint density at radius 1 is 1.16 bits per heavy atom. The molecule has 0 saturated carbocycles. The van der Waals surface area contributed by atoms with Crippen LogP contribution < -0.4 is 0 Å². The zero-order chi connectivity index (χ0) is 18.4. The third-order valence-electron chi connectivity index (χ3n) is 3.72. The topological polar surface area (TPSA) is 47.9 Å². The van der Waals surface area contributed by atoms with E-state index in [9.17, 15) is 4.79 Å². The standard InChI is InChI=1S/C20H22BrNO3/c1-20(2,3)16-8-5-14(6-9-16)12-22-25-13-15-7-10-17(18(21)11-15)19(23)24-4/h5-12H,13H2,1-4H3/b22-12+. The molecule has 0 unspecified atom stereocenters. The van der Waals surface area contributed by atoms with Crippen LogP contribution >= 0.6 is 15.9 Å². The van der Waals surface area contributed by atoms with Gasteiger partial charge in [0, 0.05) is 4.47 Å². The third kappa shape index (κ3) is 5.43. The molecule has 132 valence electrons. The highest BCUT2D eigenvalue weighted by atomic mass is 79.9. The van der Waals surface area contributed by atoms with Crippen molar-refractivity contribution in [1.82, 2.24) is 0 Å². The number of hydrogen-bond donors (Lipinski definition) is 0. The number of rotatable bonds is 5. The monoisotopic (exact) mass is 403 g/mol. The second kappa shape index (κ2) is 8.30. The molecule has 25 heavy (non-hydrogen) atoms. The highest BCUT2D eigenvalue weighted by molar-refractivity contribution is 9.10. The summed E-state index contributed by atoms with van der Waals surface area (Å²) in [7, 11) is 1.36. The number of benzene rings is 2. The Kier molecular flexibility index (Phi) is 6.37. The summed E-state index contributed by atoms with van der Waals surface area (Å²) in [5, 5.41) is 4.00. The van der Waals surface area contributed by atoms with Crippen molar-refractivity contribution in [3.8, 4) is 0 Å². The van der Waals surface area contributed by atoms with Crippen LogP contribution in [0.15, 0.2) is 52.1 Å². The maximum atomic E-state index is 11.5. The van der Waals surface area contributed by atoms with Crippen molar-refractivity contribution in [2.45, 2.75) is 32.8 Å². The van der Waals surface area contributed by atoms with Crippen LogP contribution in [0, 0.1) is 0 Å². The van der Waals surface area contributed by atoms with Crippen molar-refractivity contribution in [3.63, 3.8) is 0 Å². The number of hydrogen-bond acceptors (Lipinski definition) is 4. The smallest absolute Gasteiger partial charge is 0.339 e. The van der Waals surface area contributed by atoms with Gasteiger partial charge in [0.05, 0.1) is 18.9 Å². The highest BCUT2D eigenvalue weighted by Crippen LogP contribution is 2.22. The van der Waals surface area contributed by atoms with Gasteiger partial charge < -0.3 is 9.57 Å². The molecule has 4 nitrogen and oxygen atoms in total. The minimum Gasteiger partial charge on any atom is -0.465 e. The van der Waals surface area contributed by atoms with Crippen LogP contribution in [0.5, 0.6) is 0 Å². The molecule has 0 bridgehead atoms. The molecule has 0 aliphatic carbocycles. The first kappa shape index (κ1) is 19.2. The van der Waals surface area contributed by atoms with Gasteiger partial charge in [-0.25, -0.2) is 4.79 Å². The predicted molar refractivity (Wildman–Crippen MR) is 103 cm³/mol. The number of oxime groups is 1. The molecule has 5 heteroatoms. The van der Waals surface area contributed by atoms with Gasteiger partial charge in [-0.1, -0.05) is 56.3 Å². The number of esters is 1. The summed E-state index contributed by atoms with van der Waals surface area (Å²) in [5.74, 6) is -0.379. The first-order chi connectivity index (χ1) is 11.8. The second-order valence-corrected chi connectivity index (χ2v) is 7.54. The van der Waals surface area contributed by atoms with Crippen molar-refractivity contribution in [1.29, 1.82) is 0 Å². The van der Waals surface area contributed by atoms with Gasteiger partial charge >= 0.3 is 5.97 Å². The normalized spacial score (nSPS) is 11.6. The van der Waals surface area contributed by atoms with Crippen molar-refractivity contribution < 1.29 is 14.4 Å². The van der Waals surface area contributed by atoms with E-state index in [1.165, 1.54) is 12.7 Å². The van der Waals surface area contributed by atoms with E-state index in [1.54, 1.807) is 12.3 Å². The molecule has 0 aliphatic heterocycles. The van der Waals surface area contributed by atoms with E-state index in [-0.39, 0.29) is 11.4 Å². The fraction of sp³-hybridized carbons (Fsp3) is 0.300. The molecule has 2 aromatic rings. The van der Waals surface area contributed by atoms with Crippen LogP contribution in [0.4, 0.5) is 0 Å². The molecule has 0 heterocycles. The van der Waals surface area contributed by atoms with E-state index in [4.69, 9.17) is 9.57 Å². The lowest BCUT2D eigenvalue weighted by Gasteiger charge is -2.18. The molecule has 2 rings (SSSR count). The van der Waals surface area contributed by atoms with Gasteiger partial charge in [0.15, 0.2) is 0 Å². The molecular formula is C20H22BrNO3. The summed E-state index contributed by atoms with van der Waals surface area (Å²) in [5.41, 5.74) is 3.78. The van der Waals surface area contributed by atoms with Gasteiger partial charge in [-0.3, -0.25) is 0 Å². The largest absolute Gasteiger partial charge is 0.465 e. The van der Waals surface area contributed by atoms with Gasteiger partial charge in [-0.15, -0.1) is 0 Å². The van der Waals surface area contributed by atoms with E-state index in [0.29, 0.717) is 16.6 Å². The van der Waals surface area contributed by atoms with Gasteiger partial charge in [0.1, 0.15) is 6.61 Å². The van der Waals surface area contributed by atoms with Crippen molar-refractivity contribution in [3.05, 3.63) is 69.2 Å². The van der Waals surface area contributed by atoms with Crippen LogP contribution in [0.1, 0.15) is 47.8 Å². The van der Waals surface area contributed by atoms with Gasteiger partial charge in [0.25, 0.3) is 0 Å². The Bertz CT molecular complexity index is 762. The minimum absolute atomic E-state index is 0.135. The first-order valence-corrected chi connectivity index (χ1v) is 8.73. The van der Waals surface area contributed by atoms with Gasteiger partial charge in [0.2, 0.25) is 0 Å². The fourth-order valence-electron chi connectivity index (χ4n) is 2.20. The van der Waals surface area contributed by atoms with Crippen LogP contribution in [-0.4, -0.2) is 19.3 Å². The Labute approximate surface area is 157 Å². The first-order valence-electron chi connectivity index (χ1n) is 7.94. The molecule has 0 saturated heterocycles. The summed E-state index contributed by atoms with van der Waals surface area (Å²) < 4.78 is 5.38. The van der Waals surface area contributed by atoms with Crippen molar-refractivity contribution in [2.75, 3.05) is 7.11 Å². The number of carbonyl (C=O) groups excluding carboxylic acids is 1. The number of ether oxygens (including phenoxy) is 1. The minimum atomic E-state index is -0.379. The number of methoxy groups -OCH3 is 1. The van der Waals surface area contributed by atoms with Crippen LogP contribution in [0.2, 0.25) is 0 Å². The molecule has 0 fully saturated rings. The van der Waals surface area contributed by atoms with Gasteiger partial charge in [-0.05, 0) is 50.2 Å². The Morgan fingerprint density at radius 3 is 2.40 bits per heavy atom. The third-order valence-corrected chi connectivity index (χ3v) is 4.38. The van der Waals surface area contributed by atoms with Crippen LogP contribution in [0.3, 0.4) is 0 Å². The van der Waals surface area contributed by atoms with Crippen molar-refractivity contribution >= 4 is 28.1 Å². The van der Waals surface area contributed by atoms with E-state index in [0.717, 1.165) is 11.1 Å². The van der Waals surface area contributed by atoms with Crippen LogP contribution in [0.25, 0.3) is 0 Å². The second-order valence-electron chi connectivity index (χ2n) is 6.69. The fourth-order valence-corrected chi connectivity index (χ4v) is 2.79. The molecule has 0 radical (unpaired) electrons. The number of carbonyl (C=O) groups is 1. The molecule has 0 aromatic heterocycles. The molecular weight excluding hydrogens is 382 g/mol. The Morgan fingerprint density at radius 2 is 1.84 bits per heavy atom. The molecule has 2 aromatic carbocycles. The van der Waals surface area contributed by atoms with E-state index >= 15 is 0 Å². The lowest BCUT2D eigenvalue weighted by atomic mass is 9.87. The lowest BCUT2D eigenvalue weighted by molar-refractivity contribution is 0.0599. The number of halogens is 1. The molecule has 0 spiro atoms. The average Bonchev–Trinajstić information content (AvgIpc) is 2.58. The predicted octanol–water partition coefficient (Wildman–Crippen LogP) is 5.08. The summed E-state index contributed by atoms with van der Waals surface area (Å²) in [6, 6.07) is 13.6. The maximum Gasteiger partial charge on any atom is 0.339 e. The van der Waals surface area contributed by atoms with E-state index < -0.39 is 0 Å². The molecule has 0 aliphatic rings. The van der Waals surface area contributed by atoms with E-state index in [2.05, 4.69) is 54.0 Å².